The standard InChI is InChI=1S/C29H31Cl2N3O5/c1-29(2,3)39-28(36)33-25(19-37-17-20-8-5-4-6-9-20)27(35)34-32-16-22-15-24(31)12-13-26(22)38-18-21-10-7-11-23(30)14-21/h4-16,25H,17-19H2,1-3H3,(H,33,36)(H,34,35)/b32-16-/t25-/m0/s1. The number of nitrogens with zero attached hydrogens (tertiary/aromatic N) is 1. The molecule has 0 aromatic heterocycles. The van der Waals surface area contributed by atoms with E-state index in [-0.39, 0.29) is 19.8 Å². The number of alkyl carbamates (subject to hydrolysis) is 1. The molecule has 0 saturated carbocycles. The molecule has 39 heavy (non-hydrogen) atoms. The molecule has 3 aromatic rings. The van der Waals surface area contributed by atoms with E-state index in [0.29, 0.717) is 21.4 Å². The summed E-state index contributed by atoms with van der Waals surface area (Å²) >= 11 is 12.2. The maximum absolute atomic E-state index is 12.9. The average molecular weight is 572 g/mol. The maximum Gasteiger partial charge on any atom is 0.408 e. The number of hydrazone groups is 1. The first-order valence-corrected chi connectivity index (χ1v) is 13.0. The Morgan fingerprint density at radius 2 is 1.64 bits per heavy atom. The van der Waals surface area contributed by atoms with Crippen LogP contribution in [0.5, 0.6) is 5.75 Å². The number of halogens is 2. The van der Waals surface area contributed by atoms with Gasteiger partial charge in [0.15, 0.2) is 0 Å². The third-order valence-corrected chi connectivity index (χ3v) is 5.51. The lowest BCUT2D eigenvalue weighted by Crippen LogP contribution is -2.49. The van der Waals surface area contributed by atoms with Crippen LogP contribution in [-0.2, 0) is 27.5 Å². The lowest BCUT2D eigenvalue weighted by atomic mass is 10.2. The fraction of sp³-hybridized carbons (Fsp3) is 0.276. The highest BCUT2D eigenvalue weighted by molar-refractivity contribution is 6.31. The number of hydrogen-bond acceptors (Lipinski definition) is 6. The number of nitrogens with one attached hydrogen (secondary N) is 2. The molecule has 0 fully saturated rings. The summed E-state index contributed by atoms with van der Waals surface area (Å²) in [6, 6.07) is 20.8. The summed E-state index contributed by atoms with van der Waals surface area (Å²) in [7, 11) is 0. The Morgan fingerprint density at radius 3 is 2.36 bits per heavy atom. The molecule has 0 bridgehead atoms. The van der Waals surface area contributed by atoms with E-state index in [2.05, 4.69) is 15.8 Å². The summed E-state index contributed by atoms with van der Waals surface area (Å²) in [5.74, 6) is -0.0828. The quantitative estimate of drug-likeness (QED) is 0.213. The molecule has 0 heterocycles. The molecular formula is C29H31Cl2N3O5. The van der Waals surface area contributed by atoms with E-state index in [1.165, 1.54) is 6.21 Å². The van der Waals surface area contributed by atoms with Gasteiger partial charge >= 0.3 is 6.09 Å². The summed E-state index contributed by atoms with van der Waals surface area (Å²) in [4.78, 5) is 25.3. The van der Waals surface area contributed by atoms with E-state index in [1.807, 2.05) is 48.5 Å². The van der Waals surface area contributed by atoms with Gasteiger partial charge in [-0.3, -0.25) is 4.79 Å². The lowest BCUT2D eigenvalue weighted by Gasteiger charge is -2.22. The van der Waals surface area contributed by atoms with Crippen LogP contribution < -0.4 is 15.5 Å². The lowest BCUT2D eigenvalue weighted by molar-refractivity contribution is -0.124. The van der Waals surface area contributed by atoms with Gasteiger partial charge in [0.2, 0.25) is 0 Å². The van der Waals surface area contributed by atoms with Crippen molar-refractivity contribution in [2.24, 2.45) is 5.10 Å². The molecule has 8 nitrogen and oxygen atoms in total. The number of rotatable bonds is 11. The molecule has 3 rings (SSSR count). The van der Waals surface area contributed by atoms with Gasteiger partial charge in [0.25, 0.3) is 5.91 Å². The van der Waals surface area contributed by atoms with Crippen LogP contribution in [0.25, 0.3) is 0 Å². The predicted octanol–water partition coefficient (Wildman–Crippen LogP) is 6.13. The maximum atomic E-state index is 12.9. The molecule has 0 unspecified atom stereocenters. The molecule has 0 aliphatic carbocycles. The van der Waals surface area contributed by atoms with Crippen molar-refractivity contribution in [2.45, 2.75) is 45.6 Å². The first kappa shape index (κ1) is 30.0. The van der Waals surface area contributed by atoms with E-state index in [4.69, 9.17) is 37.4 Å². The summed E-state index contributed by atoms with van der Waals surface area (Å²) in [6.45, 7) is 5.63. The molecule has 10 heteroatoms. The second kappa shape index (κ2) is 14.5. The van der Waals surface area contributed by atoms with Crippen molar-refractivity contribution < 1.29 is 23.8 Å². The van der Waals surface area contributed by atoms with Gasteiger partial charge in [-0.2, -0.15) is 5.10 Å². The highest BCUT2D eigenvalue weighted by Crippen LogP contribution is 2.23. The Balaban J connectivity index is 1.65. The SMILES string of the molecule is CC(C)(C)OC(=O)N[C@@H](COCc1ccccc1)C(=O)N/N=C\c1cc(Cl)ccc1OCc1cccc(Cl)c1. The minimum absolute atomic E-state index is 0.0966. The molecule has 0 aliphatic rings. The molecule has 2 amide bonds. The van der Waals surface area contributed by atoms with E-state index >= 15 is 0 Å². The second-order valence-corrected chi connectivity index (χ2v) is 10.4. The smallest absolute Gasteiger partial charge is 0.408 e. The highest BCUT2D eigenvalue weighted by Gasteiger charge is 2.24. The van der Waals surface area contributed by atoms with Crippen molar-refractivity contribution in [3.63, 3.8) is 0 Å². The van der Waals surface area contributed by atoms with Gasteiger partial charge in [-0.1, -0.05) is 65.7 Å². The van der Waals surface area contributed by atoms with Gasteiger partial charge in [-0.15, -0.1) is 0 Å². The molecule has 0 radical (unpaired) electrons. The first-order valence-electron chi connectivity index (χ1n) is 12.2. The largest absolute Gasteiger partial charge is 0.488 e. The summed E-state index contributed by atoms with van der Waals surface area (Å²) in [6.07, 6.45) is 0.661. The van der Waals surface area contributed by atoms with Gasteiger partial charge < -0.3 is 19.5 Å². The molecule has 2 N–H and O–H groups in total. The number of amides is 2. The van der Waals surface area contributed by atoms with Crippen LogP contribution in [0.4, 0.5) is 4.79 Å². The van der Waals surface area contributed by atoms with Crippen LogP contribution in [0, 0.1) is 0 Å². The third-order valence-electron chi connectivity index (χ3n) is 5.04. The van der Waals surface area contributed by atoms with Gasteiger partial charge in [0.05, 0.1) is 19.4 Å². The number of hydrogen-bond donors (Lipinski definition) is 2. The normalized spacial score (nSPS) is 12.1. The monoisotopic (exact) mass is 571 g/mol. The van der Waals surface area contributed by atoms with E-state index < -0.39 is 23.6 Å². The van der Waals surface area contributed by atoms with Gasteiger partial charge in [0, 0.05) is 15.6 Å². The molecular weight excluding hydrogens is 541 g/mol. The topological polar surface area (TPSA) is 98.2 Å². The van der Waals surface area contributed by atoms with Crippen molar-refractivity contribution in [1.29, 1.82) is 0 Å². The highest BCUT2D eigenvalue weighted by atomic mass is 35.5. The van der Waals surface area contributed by atoms with E-state index in [0.717, 1.165) is 11.1 Å². The number of carbonyl (C=O) groups is 2. The van der Waals surface area contributed by atoms with Crippen LogP contribution in [0.2, 0.25) is 10.0 Å². The Labute approximate surface area is 238 Å². The third kappa shape index (κ3) is 11.0. The average Bonchev–Trinajstić information content (AvgIpc) is 2.87. The Kier molecular flexibility index (Phi) is 11.2. The zero-order valence-electron chi connectivity index (χ0n) is 21.9. The molecule has 0 saturated heterocycles. The molecule has 0 spiro atoms. The van der Waals surface area contributed by atoms with E-state index in [1.54, 1.807) is 45.0 Å². The van der Waals surface area contributed by atoms with Crippen LogP contribution in [0.1, 0.15) is 37.5 Å². The number of benzene rings is 3. The number of carbonyl (C=O) groups excluding carboxylic acids is 2. The molecule has 1 atom stereocenters. The van der Waals surface area contributed by atoms with Crippen molar-refractivity contribution >= 4 is 41.4 Å². The van der Waals surface area contributed by atoms with Crippen LogP contribution >= 0.6 is 23.2 Å². The van der Waals surface area contributed by atoms with Crippen molar-refractivity contribution in [3.05, 3.63) is 99.5 Å². The van der Waals surface area contributed by atoms with Crippen LogP contribution in [0.3, 0.4) is 0 Å². The zero-order valence-corrected chi connectivity index (χ0v) is 23.5. The van der Waals surface area contributed by atoms with Crippen molar-refractivity contribution in [2.75, 3.05) is 6.61 Å². The zero-order chi connectivity index (χ0) is 28.3. The summed E-state index contributed by atoms with van der Waals surface area (Å²) < 4.78 is 16.9. The number of ether oxygens (including phenoxy) is 3. The Hall–Kier alpha value is -3.59. The Bertz CT molecular complexity index is 1280. The Morgan fingerprint density at radius 1 is 0.923 bits per heavy atom. The summed E-state index contributed by atoms with van der Waals surface area (Å²) in [5, 5.41) is 7.67. The molecule has 206 valence electrons. The minimum Gasteiger partial charge on any atom is -0.488 e. The van der Waals surface area contributed by atoms with Gasteiger partial charge in [0.1, 0.15) is 24.0 Å². The van der Waals surface area contributed by atoms with Gasteiger partial charge in [-0.05, 0) is 62.2 Å². The molecule has 3 aromatic carbocycles. The fourth-order valence-corrected chi connectivity index (χ4v) is 3.68. The van der Waals surface area contributed by atoms with Crippen LogP contribution in [0.15, 0.2) is 77.9 Å². The first-order chi connectivity index (χ1) is 18.6. The van der Waals surface area contributed by atoms with Crippen molar-refractivity contribution in [3.8, 4) is 5.75 Å². The van der Waals surface area contributed by atoms with Crippen molar-refractivity contribution in [1.82, 2.24) is 10.7 Å². The second-order valence-electron chi connectivity index (χ2n) is 9.53. The predicted molar refractivity (Wildman–Crippen MR) is 152 cm³/mol. The van der Waals surface area contributed by atoms with Crippen LogP contribution in [-0.4, -0.2) is 36.5 Å². The van der Waals surface area contributed by atoms with E-state index in [9.17, 15) is 9.59 Å². The minimum atomic E-state index is -1.06. The summed E-state index contributed by atoms with van der Waals surface area (Å²) in [5.41, 5.74) is 4.07. The fourth-order valence-electron chi connectivity index (χ4n) is 3.28. The van der Waals surface area contributed by atoms with Gasteiger partial charge in [-0.25, -0.2) is 10.2 Å². The molecule has 0 aliphatic heterocycles.